The third-order valence-electron chi connectivity index (χ3n) is 1.15. The zero-order valence-corrected chi connectivity index (χ0v) is 5.96. The highest BCUT2D eigenvalue weighted by Gasteiger charge is 2.02. The Morgan fingerprint density at radius 3 is 1.71 bits per heavy atom. The lowest BCUT2D eigenvalue weighted by molar-refractivity contribution is 0.642. The van der Waals surface area contributed by atoms with Crippen molar-refractivity contribution in [2.24, 2.45) is 11.1 Å². The van der Waals surface area contributed by atoms with Crippen LogP contribution in [0.2, 0.25) is 0 Å². The Hall–Kier alpha value is 0.310. The predicted octanol–water partition coefficient (Wildman–Crippen LogP) is 1.64. The molecule has 0 saturated carbocycles. The van der Waals surface area contributed by atoms with Gasteiger partial charge in [0.2, 0.25) is 0 Å². The Morgan fingerprint density at radius 1 is 1.29 bits per heavy atom. The van der Waals surface area contributed by atoms with Gasteiger partial charge in [-0.15, -0.1) is 0 Å². The summed E-state index contributed by atoms with van der Waals surface area (Å²) in [5.41, 5.74) is 0. The third kappa shape index (κ3) is 2.94. The van der Waals surface area contributed by atoms with E-state index in [1.54, 1.807) is 0 Å². The zero-order valence-electron chi connectivity index (χ0n) is 5.14. The Balaban J connectivity index is 3.14. The van der Waals surface area contributed by atoms with Gasteiger partial charge in [-0.05, 0) is 5.92 Å². The van der Waals surface area contributed by atoms with Crippen LogP contribution in [-0.2, 0) is 0 Å². The monoisotopic (exact) mass is 119 g/mol. The highest BCUT2D eigenvalue weighted by atomic mass is 32.2. The first-order valence-corrected chi connectivity index (χ1v) is 3.48. The molecular weight excluding hydrogens is 106 g/mol. The Kier molecular flexibility index (Phi) is 3.48. The van der Waals surface area contributed by atoms with Crippen molar-refractivity contribution >= 4 is 11.9 Å². The molecular formula is C5H13NS. The maximum atomic E-state index is 5.29. The summed E-state index contributed by atoms with van der Waals surface area (Å²) in [4.78, 5) is 0. The van der Waals surface area contributed by atoms with Crippen molar-refractivity contribution in [2.75, 3.05) is 0 Å². The molecule has 1 unspecified atom stereocenters. The molecule has 44 valence electrons. The standard InChI is InChI=1S/C5H13NS/c1-4(2)5(3)7-6/h4-5H,6H2,1-3H3. The maximum Gasteiger partial charge on any atom is 0.0185 e. The van der Waals surface area contributed by atoms with E-state index in [9.17, 15) is 0 Å². The highest BCUT2D eigenvalue weighted by molar-refractivity contribution is 7.97. The lowest BCUT2D eigenvalue weighted by Gasteiger charge is -2.09. The average Bonchev–Trinajstić information content (AvgIpc) is 1.65. The summed E-state index contributed by atoms with van der Waals surface area (Å²) in [5.74, 6) is 0.704. The van der Waals surface area contributed by atoms with Crippen molar-refractivity contribution in [1.29, 1.82) is 0 Å². The van der Waals surface area contributed by atoms with E-state index >= 15 is 0 Å². The van der Waals surface area contributed by atoms with E-state index in [0.29, 0.717) is 11.2 Å². The zero-order chi connectivity index (χ0) is 5.86. The van der Waals surface area contributed by atoms with Crippen LogP contribution in [0.1, 0.15) is 20.8 Å². The van der Waals surface area contributed by atoms with Crippen LogP contribution in [0.5, 0.6) is 0 Å². The maximum absolute atomic E-state index is 5.29. The lowest BCUT2D eigenvalue weighted by Crippen LogP contribution is -2.07. The minimum Gasteiger partial charge on any atom is -0.278 e. The quantitative estimate of drug-likeness (QED) is 0.559. The number of hydrogen-bond donors (Lipinski definition) is 1. The molecule has 2 heteroatoms. The molecule has 0 fully saturated rings. The molecule has 0 aliphatic heterocycles. The molecule has 1 atom stereocenters. The van der Waals surface area contributed by atoms with Crippen LogP contribution in [0.25, 0.3) is 0 Å². The fourth-order valence-corrected chi connectivity index (χ4v) is 0.471. The number of nitrogens with two attached hydrogens (primary N) is 1. The molecule has 0 aliphatic rings. The van der Waals surface area contributed by atoms with Crippen LogP contribution >= 0.6 is 11.9 Å². The molecule has 0 aliphatic carbocycles. The van der Waals surface area contributed by atoms with Gasteiger partial charge in [0.15, 0.2) is 0 Å². The van der Waals surface area contributed by atoms with Crippen molar-refractivity contribution < 1.29 is 0 Å². The van der Waals surface area contributed by atoms with Crippen LogP contribution in [0.3, 0.4) is 0 Å². The van der Waals surface area contributed by atoms with E-state index in [4.69, 9.17) is 5.14 Å². The summed E-state index contributed by atoms with van der Waals surface area (Å²) in [7, 11) is 0. The molecule has 1 nitrogen and oxygen atoms in total. The molecule has 0 radical (unpaired) electrons. The summed E-state index contributed by atoms with van der Waals surface area (Å²) >= 11 is 1.43. The molecule has 0 bridgehead atoms. The molecule has 0 heterocycles. The van der Waals surface area contributed by atoms with Gasteiger partial charge in [0.25, 0.3) is 0 Å². The molecule has 2 N–H and O–H groups in total. The van der Waals surface area contributed by atoms with Crippen molar-refractivity contribution in [3.05, 3.63) is 0 Å². The van der Waals surface area contributed by atoms with E-state index in [0.717, 1.165) is 0 Å². The van der Waals surface area contributed by atoms with Gasteiger partial charge in [-0.1, -0.05) is 32.7 Å². The Morgan fingerprint density at radius 2 is 1.71 bits per heavy atom. The second-order valence-corrected chi connectivity index (χ2v) is 3.10. The molecule has 0 saturated heterocycles. The first-order valence-electron chi connectivity index (χ1n) is 2.54. The van der Waals surface area contributed by atoms with E-state index in [1.807, 2.05) is 0 Å². The molecule has 0 aromatic carbocycles. The largest absolute Gasteiger partial charge is 0.278 e. The van der Waals surface area contributed by atoms with Crippen LogP contribution in [-0.4, -0.2) is 5.25 Å². The smallest absolute Gasteiger partial charge is 0.0185 e. The SMILES string of the molecule is CC(C)C(C)SN. The van der Waals surface area contributed by atoms with Crippen molar-refractivity contribution in [3.8, 4) is 0 Å². The van der Waals surface area contributed by atoms with Gasteiger partial charge in [-0.25, -0.2) is 0 Å². The summed E-state index contributed by atoms with van der Waals surface area (Å²) < 4.78 is 0. The van der Waals surface area contributed by atoms with E-state index < -0.39 is 0 Å². The second-order valence-electron chi connectivity index (χ2n) is 2.09. The molecule has 0 rings (SSSR count). The van der Waals surface area contributed by atoms with Gasteiger partial charge in [0, 0.05) is 5.25 Å². The van der Waals surface area contributed by atoms with Crippen LogP contribution < -0.4 is 5.14 Å². The fraction of sp³-hybridized carbons (Fsp3) is 1.00. The summed E-state index contributed by atoms with van der Waals surface area (Å²) in [6.45, 7) is 6.48. The lowest BCUT2D eigenvalue weighted by atomic mass is 10.2. The minimum atomic E-state index is 0.597. The van der Waals surface area contributed by atoms with Gasteiger partial charge in [-0.2, -0.15) is 0 Å². The molecule has 0 spiro atoms. The second kappa shape index (κ2) is 3.33. The van der Waals surface area contributed by atoms with Crippen LogP contribution in [0.15, 0.2) is 0 Å². The van der Waals surface area contributed by atoms with Gasteiger partial charge < -0.3 is 0 Å². The van der Waals surface area contributed by atoms with Crippen molar-refractivity contribution in [1.82, 2.24) is 0 Å². The summed E-state index contributed by atoms with van der Waals surface area (Å²) in [6.07, 6.45) is 0. The first kappa shape index (κ1) is 7.31. The van der Waals surface area contributed by atoms with E-state index in [-0.39, 0.29) is 0 Å². The summed E-state index contributed by atoms with van der Waals surface area (Å²) in [6, 6.07) is 0. The predicted molar refractivity (Wildman–Crippen MR) is 36.1 cm³/mol. The van der Waals surface area contributed by atoms with Gasteiger partial charge in [0.1, 0.15) is 0 Å². The molecule has 0 aromatic rings. The van der Waals surface area contributed by atoms with Gasteiger partial charge >= 0.3 is 0 Å². The highest BCUT2D eigenvalue weighted by Crippen LogP contribution is 2.11. The molecule has 7 heavy (non-hydrogen) atoms. The van der Waals surface area contributed by atoms with Crippen molar-refractivity contribution in [3.63, 3.8) is 0 Å². The third-order valence-corrected chi connectivity index (χ3v) is 2.13. The average molecular weight is 119 g/mol. The molecule has 0 aromatic heterocycles. The topological polar surface area (TPSA) is 26.0 Å². The normalized spacial score (nSPS) is 15.0. The van der Waals surface area contributed by atoms with Crippen molar-refractivity contribution in [2.45, 2.75) is 26.0 Å². The fourth-order valence-electron chi connectivity index (χ4n) is 0.157. The van der Waals surface area contributed by atoms with Crippen LogP contribution in [0, 0.1) is 5.92 Å². The van der Waals surface area contributed by atoms with Crippen LogP contribution in [0.4, 0.5) is 0 Å². The minimum absolute atomic E-state index is 0.597. The van der Waals surface area contributed by atoms with Gasteiger partial charge in [0.05, 0.1) is 0 Å². The van der Waals surface area contributed by atoms with E-state index in [1.165, 1.54) is 11.9 Å². The Bertz CT molecular complexity index is 45.3. The molecule has 0 amide bonds. The van der Waals surface area contributed by atoms with Gasteiger partial charge in [-0.3, -0.25) is 5.14 Å². The van der Waals surface area contributed by atoms with E-state index in [2.05, 4.69) is 20.8 Å². The number of rotatable bonds is 2. The summed E-state index contributed by atoms with van der Waals surface area (Å²) in [5, 5.41) is 5.89. The first-order chi connectivity index (χ1) is 3.18. The number of hydrogen-bond acceptors (Lipinski definition) is 2. The Labute approximate surface area is 49.8 Å².